The van der Waals surface area contributed by atoms with Crippen molar-refractivity contribution < 1.29 is 48.9 Å². The molecule has 0 aromatic heterocycles. The van der Waals surface area contributed by atoms with Crippen molar-refractivity contribution in [1.29, 1.82) is 0 Å². The van der Waals surface area contributed by atoms with E-state index in [9.17, 15) is 43.8 Å². The molecule has 0 aliphatic rings. The van der Waals surface area contributed by atoms with Crippen LogP contribution in [0.3, 0.4) is 0 Å². The highest BCUT2D eigenvalue weighted by Gasteiger charge is 2.33. The average molecular weight is 668 g/mol. The molecule has 6 amide bonds. The van der Waals surface area contributed by atoms with Gasteiger partial charge in [0, 0.05) is 5.75 Å². The highest BCUT2D eigenvalue weighted by atomic mass is 32.2. The van der Waals surface area contributed by atoms with Crippen LogP contribution in [-0.4, -0.2) is 131 Å². The van der Waals surface area contributed by atoms with Gasteiger partial charge in [-0.15, -0.1) is 0 Å². The van der Waals surface area contributed by atoms with Crippen LogP contribution in [0.4, 0.5) is 0 Å². The average Bonchev–Trinajstić information content (AvgIpc) is 2.99. The summed E-state index contributed by atoms with van der Waals surface area (Å²) in [5, 5.41) is 42.0. The summed E-state index contributed by atoms with van der Waals surface area (Å²) in [7, 11) is 0. The lowest BCUT2D eigenvalue weighted by molar-refractivity contribution is -0.145. The van der Waals surface area contributed by atoms with E-state index in [0.717, 1.165) is 0 Å². The van der Waals surface area contributed by atoms with Crippen molar-refractivity contribution in [3.63, 3.8) is 0 Å². The zero-order valence-electron chi connectivity index (χ0n) is 25.1. The number of nitrogens with two attached hydrogens (primary N) is 1. The summed E-state index contributed by atoms with van der Waals surface area (Å²) in [5.41, 5.74) is 5.37. The molecule has 0 aliphatic carbocycles. The topological polar surface area (TPSA) is 278 Å². The normalized spacial score (nSPS) is 15.6. The van der Waals surface area contributed by atoms with Crippen LogP contribution in [0.25, 0.3) is 0 Å². The third-order valence-electron chi connectivity index (χ3n) is 6.32. The maximum atomic E-state index is 12.9. The lowest BCUT2D eigenvalue weighted by Gasteiger charge is -2.28. The summed E-state index contributed by atoms with van der Waals surface area (Å²) in [4.78, 5) is 86.3. The van der Waals surface area contributed by atoms with Crippen molar-refractivity contribution in [3.05, 3.63) is 0 Å². The Kier molecular flexibility index (Phi) is 20.0. The molecule has 0 aromatic carbocycles. The largest absolute Gasteiger partial charge is 0.480 e. The van der Waals surface area contributed by atoms with Crippen molar-refractivity contribution in [1.82, 2.24) is 31.9 Å². The van der Waals surface area contributed by atoms with E-state index in [-0.39, 0.29) is 12.2 Å². The third kappa shape index (κ3) is 15.0. The van der Waals surface area contributed by atoms with Crippen molar-refractivity contribution in [2.24, 2.45) is 11.7 Å². The van der Waals surface area contributed by atoms with Gasteiger partial charge in [-0.05, 0) is 31.3 Å². The second-order valence-electron chi connectivity index (χ2n) is 9.87. The van der Waals surface area contributed by atoms with Crippen molar-refractivity contribution in [3.8, 4) is 0 Å². The number of rotatable bonds is 21. The van der Waals surface area contributed by atoms with Gasteiger partial charge in [-0.1, -0.05) is 20.3 Å². The number of hydrogen-bond donors (Lipinski definition) is 11. The second kappa shape index (κ2) is 21.6. The number of aliphatic hydroxyl groups excluding tert-OH is 2. The number of nitrogens with one attached hydrogen (secondary N) is 6. The minimum Gasteiger partial charge on any atom is -0.480 e. The molecule has 0 rings (SSSR count). The van der Waals surface area contributed by atoms with Gasteiger partial charge >= 0.3 is 5.97 Å². The van der Waals surface area contributed by atoms with Gasteiger partial charge in [-0.2, -0.15) is 24.4 Å². The molecule has 0 aliphatic heterocycles. The molecule has 0 fully saturated rings. The van der Waals surface area contributed by atoms with Gasteiger partial charge in [0.25, 0.3) is 0 Å². The summed E-state index contributed by atoms with van der Waals surface area (Å²) < 4.78 is 0. The first kappa shape index (κ1) is 40.9. The van der Waals surface area contributed by atoms with Crippen molar-refractivity contribution in [2.45, 2.75) is 69.9 Å². The number of carbonyl (C=O) groups is 7. The molecular weight excluding hydrogens is 622 g/mol. The molecule has 19 heteroatoms. The van der Waals surface area contributed by atoms with E-state index in [1.807, 2.05) is 0 Å². The molecule has 0 saturated heterocycles. The maximum absolute atomic E-state index is 12.9. The molecule has 44 heavy (non-hydrogen) atoms. The van der Waals surface area contributed by atoms with Gasteiger partial charge in [0.2, 0.25) is 35.4 Å². The molecule has 7 atom stereocenters. The quantitative estimate of drug-likeness (QED) is 0.0519. The van der Waals surface area contributed by atoms with E-state index in [1.165, 1.54) is 18.7 Å². The first-order chi connectivity index (χ1) is 20.6. The summed E-state index contributed by atoms with van der Waals surface area (Å²) >= 11 is 5.49. The van der Waals surface area contributed by atoms with Gasteiger partial charge in [0.1, 0.15) is 24.2 Å². The maximum Gasteiger partial charge on any atom is 0.328 e. The fourth-order valence-electron chi connectivity index (χ4n) is 3.45. The van der Waals surface area contributed by atoms with E-state index < -0.39 is 103 Å². The number of hydrogen-bond acceptors (Lipinski definition) is 12. The van der Waals surface area contributed by atoms with E-state index in [1.54, 1.807) is 20.1 Å². The van der Waals surface area contributed by atoms with Crippen LogP contribution in [0.1, 0.15) is 33.6 Å². The number of carbonyl (C=O) groups excluding carboxylic acids is 6. The van der Waals surface area contributed by atoms with Crippen LogP contribution in [0.2, 0.25) is 0 Å². The zero-order valence-corrected chi connectivity index (χ0v) is 26.8. The number of thiol groups is 1. The Morgan fingerprint density at radius 2 is 1.34 bits per heavy atom. The van der Waals surface area contributed by atoms with E-state index in [2.05, 4.69) is 44.5 Å². The van der Waals surface area contributed by atoms with Crippen LogP contribution in [-0.2, 0) is 33.6 Å². The summed E-state index contributed by atoms with van der Waals surface area (Å²) in [6.45, 7) is 2.90. The van der Waals surface area contributed by atoms with Gasteiger partial charge in [-0.25, -0.2) is 4.79 Å². The molecule has 0 saturated carbocycles. The molecule has 0 unspecified atom stereocenters. The monoisotopic (exact) mass is 667 g/mol. The molecule has 0 heterocycles. The number of carboxylic acids is 1. The highest BCUT2D eigenvalue weighted by molar-refractivity contribution is 7.98. The number of thioether (sulfide) groups is 1. The summed E-state index contributed by atoms with van der Waals surface area (Å²) in [6.07, 6.45) is 1.00. The standard InChI is InChI=1S/C25H45N7O10S2/c1-5-12(2)19(24(40)32-20(13(3)34)25(41)42)31-23(39)16(11-43)30-18(36)9-28-22(38)15(6-7-44-4)29-17(35)8-27-21(37)14(26)10-33/h12-16,19-20,33-34,43H,5-11,26H2,1-4H3,(H,27,37)(H,28,38)(H,29,35)(H,30,36)(H,31,39)(H,32,40)(H,41,42)/t12-,13+,14-,15-,16-,19-,20-/m0/s1. The molecular formula is C25H45N7O10S2. The predicted molar refractivity (Wildman–Crippen MR) is 164 cm³/mol. The number of aliphatic hydroxyl groups is 2. The number of carboxylic acid groups (broad SMARTS) is 1. The highest BCUT2D eigenvalue weighted by Crippen LogP contribution is 2.10. The van der Waals surface area contributed by atoms with Gasteiger partial charge < -0.3 is 53.0 Å². The van der Waals surface area contributed by atoms with E-state index >= 15 is 0 Å². The fraction of sp³-hybridized carbons (Fsp3) is 0.720. The Bertz CT molecular complexity index is 1000. The first-order valence-corrected chi connectivity index (χ1v) is 15.8. The van der Waals surface area contributed by atoms with E-state index in [4.69, 9.17) is 10.8 Å². The second-order valence-corrected chi connectivity index (χ2v) is 11.2. The lowest BCUT2D eigenvalue weighted by atomic mass is 9.97. The lowest BCUT2D eigenvalue weighted by Crippen LogP contribution is -2.60. The summed E-state index contributed by atoms with van der Waals surface area (Å²) in [5.74, 6) is -6.21. The van der Waals surface area contributed by atoms with Crippen LogP contribution < -0.4 is 37.6 Å². The molecule has 11 N–H and O–H groups in total. The zero-order chi connectivity index (χ0) is 34.0. The number of aliphatic carboxylic acids is 1. The Balaban J connectivity index is 5.26. The van der Waals surface area contributed by atoms with Crippen molar-refractivity contribution in [2.75, 3.05) is 37.5 Å². The minimum absolute atomic E-state index is 0.191. The van der Waals surface area contributed by atoms with Crippen LogP contribution in [0.15, 0.2) is 0 Å². The Morgan fingerprint density at radius 1 is 0.818 bits per heavy atom. The van der Waals surface area contributed by atoms with Gasteiger partial charge in [0.05, 0.1) is 25.8 Å². The van der Waals surface area contributed by atoms with Crippen LogP contribution >= 0.6 is 24.4 Å². The molecule has 17 nitrogen and oxygen atoms in total. The molecule has 252 valence electrons. The smallest absolute Gasteiger partial charge is 0.328 e. The first-order valence-electron chi connectivity index (χ1n) is 13.7. The summed E-state index contributed by atoms with van der Waals surface area (Å²) in [6, 6.07) is -6.31. The molecule has 0 radical (unpaired) electrons. The Morgan fingerprint density at radius 3 is 1.80 bits per heavy atom. The van der Waals surface area contributed by atoms with Gasteiger partial charge in [0.15, 0.2) is 6.04 Å². The van der Waals surface area contributed by atoms with Gasteiger partial charge in [-0.3, -0.25) is 28.8 Å². The number of amides is 6. The Labute approximate surface area is 265 Å². The molecule has 0 spiro atoms. The third-order valence-corrected chi connectivity index (χ3v) is 7.32. The van der Waals surface area contributed by atoms with E-state index in [0.29, 0.717) is 12.2 Å². The SMILES string of the molecule is CC[C@H](C)[C@H](NC(=O)[C@H](CS)NC(=O)CNC(=O)[C@H](CCSC)NC(=O)CNC(=O)[C@@H](N)CO)C(=O)N[C@H](C(=O)O)[C@@H](C)O. The van der Waals surface area contributed by atoms with Crippen molar-refractivity contribution >= 4 is 65.8 Å². The molecule has 0 bridgehead atoms. The molecule has 0 aromatic rings. The van der Waals surface area contributed by atoms with Crippen LogP contribution in [0.5, 0.6) is 0 Å². The van der Waals surface area contributed by atoms with Crippen LogP contribution in [0, 0.1) is 5.92 Å². The minimum atomic E-state index is -1.61. The fourth-order valence-corrected chi connectivity index (χ4v) is 4.18. The predicted octanol–water partition coefficient (Wildman–Crippen LogP) is -4.33. The Hall–Kier alpha value is -3.13.